The number of thiazole rings is 1. The van der Waals surface area contributed by atoms with Gasteiger partial charge in [0.25, 0.3) is 11.5 Å². The topological polar surface area (TPSA) is 114 Å². The zero-order valence-electron chi connectivity index (χ0n) is 11.1. The standard InChI is InChI=1S/C12H12N4O4S/c1-2-20-10(18)3-7-6-21-12(15-7)16-11(19)8-4-14-9(17)5-13-8/h4-6H,2-3H2,1H3,(H,14,17)(H,15,16,19). The van der Waals surface area contributed by atoms with E-state index in [2.05, 4.69) is 20.3 Å². The molecule has 2 heterocycles. The summed E-state index contributed by atoms with van der Waals surface area (Å²) in [5, 5.41) is 4.53. The molecule has 0 aliphatic rings. The Balaban J connectivity index is 1.98. The maximum absolute atomic E-state index is 11.8. The van der Waals surface area contributed by atoms with Crippen molar-refractivity contribution in [2.45, 2.75) is 13.3 Å². The van der Waals surface area contributed by atoms with Gasteiger partial charge in [-0.05, 0) is 6.92 Å². The monoisotopic (exact) mass is 308 g/mol. The van der Waals surface area contributed by atoms with Crippen LogP contribution in [0, 0.1) is 0 Å². The van der Waals surface area contributed by atoms with Gasteiger partial charge >= 0.3 is 5.97 Å². The number of carbonyl (C=O) groups excluding carboxylic acids is 2. The van der Waals surface area contributed by atoms with Crippen molar-refractivity contribution in [3.63, 3.8) is 0 Å². The maximum Gasteiger partial charge on any atom is 0.311 e. The quantitative estimate of drug-likeness (QED) is 0.781. The van der Waals surface area contributed by atoms with Crippen molar-refractivity contribution >= 4 is 28.3 Å². The van der Waals surface area contributed by atoms with E-state index in [9.17, 15) is 14.4 Å². The Kier molecular flexibility index (Phi) is 4.77. The first-order valence-electron chi connectivity index (χ1n) is 6.04. The van der Waals surface area contributed by atoms with E-state index >= 15 is 0 Å². The van der Waals surface area contributed by atoms with Gasteiger partial charge in [-0.15, -0.1) is 11.3 Å². The molecule has 1 amide bonds. The summed E-state index contributed by atoms with van der Waals surface area (Å²) in [6.45, 7) is 2.03. The van der Waals surface area contributed by atoms with Crippen LogP contribution in [0.5, 0.6) is 0 Å². The summed E-state index contributed by atoms with van der Waals surface area (Å²) in [6, 6.07) is 0. The van der Waals surface area contributed by atoms with E-state index in [1.54, 1.807) is 12.3 Å². The first-order chi connectivity index (χ1) is 10.1. The molecule has 2 aromatic rings. The Morgan fingerprint density at radius 1 is 1.48 bits per heavy atom. The molecule has 21 heavy (non-hydrogen) atoms. The number of nitrogens with zero attached hydrogens (tertiary/aromatic N) is 2. The lowest BCUT2D eigenvalue weighted by atomic mass is 10.3. The zero-order chi connectivity index (χ0) is 15.2. The number of hydrogen-bond acceptors (Lipinski definition) is 7. The number of aromatic amines is 1. The summed E-state index contributed by atoms with van der Waals surface area (Å²) < 4.78 is 4.81. The van der Waals surface area contributed by atoms with Crippen LogP contribution in [0.4, 0.5) is 5.13 Å². The largest absolute Gasteiger partial charge is 0.466 e. The molecule has 2 rings (SSSR count). The fraction of sp³-hybridized carbons (Fsp3) is 0.250. The zero-order valence-corrected chi connectivity index (χ0v) is 11.9. The summed E-state index contributed by atoms with van der Waals surface area (Å²) in [5.41, 5.74) is 0.192. The van der Waals surface area contributed by atoms with Gasteiger partial charge < -0.3 is 9.72 Å². The van der Waals surface area contributed by atoms with Crippen LogP contribution in [0.1, 0.15) is 23.1 Å². The molecule has 0 aliphatic heterocycles. The Bertz CT molecular complexity index is 689. The van der Waals surface area contributed by atoms with Gasteiger partial charge in [0, 0.05) is 11.6 Å². The molecule has 0 aromatic carbocycles. The SMILES string of the molecule is CCOC(=O)Cc1csc(NC(=O)c2c[nH]c(=O)cn2)n1. The van der Waals surface area contributed by atoms with Crippen LogP contribution >= 0.6 is 11.3 Å². The van der Waals surface area contributed by atoms with E-state index in [0.29, 0.717) is 17.4 Å². The average Bonchev–Trinajstić information content (AvgIpc) is 2.86. The van der Waals surface area contributed by atoms with Gasteiger partial charge in [-0.2, -0.15) is 0 Å². The van der Waals surface area contributed by atoms with Crippen molar-refractivity contribution in [3.05, 3.63) is 39.5 Å². The van der Waals surface area contributed by atoms with Crippen LogP contribution in [0.2, 0.25) is 0 Å². The van der Waals surface area contributed by atoms with Crippen molar-refractivity contribution in [1.29, 1.82) is 0 Å². The van der Waals surface area contributed by atoms with Crippen molar-refractivity contribution in [2.24, 2.45) is 0 Å². The van der Waals surface area contributed by atoms with Gasteiger partial charge in [0.1, 0.15) is 5.69 Å². The molecule has 2 aromatic heterocycles. The van der Waals surface area contributed by atoms with Crippen LogP contribution in [-0.4, -0.2) is 33.4 Å². The minimum absolute atomic E-state index is 0.0527. The van der Waals surface area contributed by atoms with Crippen LogP contribution in [0.25, 0.3) is 0 Å². The highest BCUT2D eigenvalue weighted by molar-refractivity contribution is 7.14. The predicted molar refractivity (Wildman–Crippen MR) is 75.3 cm³/mol. The number of nitrogens with one attached hydrogen (secondary N) is 2. The normalized spacial score (nSPS) is 10.1. The van der Waals surface area contributed by atoms with Gasteiger partial charge in [0.15, 0.2) is 5.13 Å². The molecule has 0 spiro atoms. The fourth-order valence-electron chi connectivity index (χ4n) is 1.43. The number of H-pyrrole nitrogens is 1. The van der Waals surface area contributed by atoms with Gasteiger partial charge in [0.05, 0.1) is 24.9 Å². The third-order valence-corrected chi connectivity index (χ3v) is 3.11. The molecule has 110 valence electrons. The van der Waals surface area contributed by atoms with E-state index in [1.165, 1.54) is 17.5 Å². The van der Waals surface area contributed by atoms with Gasteiger partial charge in [-0.1, -0.05) is 0 Å². The first kappa shape index (κ1) is 14.9. The second-order valence-corrected chi connectivity index (χ2v) is 4.73. The Morgan fingerprint density at radius 2 is 2.29 bits per heavy atom. The van der Waals surface area contributed by atoms with Crippen molar-refractivity contribution in [2.75, 3.05) is 11.9 Å². The minimum Gasteiger partial charge on any atom is -0.466 e. The smallest absolute Gasteiger partial charge is 0.311 e. The molecule has 0 atom stereocenters. The highest BCUT2D eigenvalue weighted by atomic mass is 32.1. The van der Waals surface area contributed by atoms with Crippen LogP contribution in [-0.2, 0) is 16.0 Å². The summed E-state index contributed by atoms with van der Waals surface area (Å²) in [5.74, 6) is -0.869. The van der Waals surface area contributed by atoms with E-state index < -0.39 is 11.5 Å². The molecular formula is C12H12N4O4S. The maximum atomic E-state index is 11.8. The number of carbonyl (C=O) groups is 2. The second-order valence-electron chi connectivity index (χ2n) is 3.88. The Labute approximate surface area is 123 Å². The number of rotatable bonds is 5. The van der Waals surface area contributed by atoms with E-state index in [1.807, 2.05) is 0 Å². The van der Waals surface area contributed by atoms with Crippen LogP contribution in [0.15, 0.2) is 22.6 Å². The number of ether oxygens (including phenoxy) is 1. The molecule has 0 unspecified atom stereocenters. The molecule has 0 bridgehead atoms. The molecule has 2 N–H and O–H groups in total. The van der Waals surface area contributed by atoms with E-state index in [0.717, 1.165) is 6.20 Å². The lowest BCUT2D eigenvalue weighted by Gasteiger charge is -2.00. The van der Waals surface area contributed by atoms with E-state index in [-0.39, 0.29) is 18.1 Å². The molecule has 9 heteroatoms. The van der Waals surface area contributed by atoms with Crippen LogP contribution < -0.4 is 10.9 Å². The highest BCUT2D eigenvalue weighted by Crippen LogP contribution is 2.16. The summed E-state index contributed by atoms with van der Waals surface area (Å²) in [7, 11) is 0. The fourth-order valence-corrected chi connectivity index (χ4v) is 2.14. The lowest BCUT2D eigenvalue weighted by Crippen LogP contribution is -2.17. The van der Waals surface area contributed by atoms with E-state index in [4.69, 9.17) is 4.74 Å². The highest BCUT2D eigenvalue weighted by Gasteiger charge is 2.12. The molecular weight excluding hydrogens is 296 g/mol. The van der Waals surface area contributed by atoms with Crippen molar-refractivity contribution < 1.29 is 14.3 Å². The predicted octanol–water partition coefficient (Wildman–Crippen LogP) is 0.584. The number of aromatic nitrogens is 3. The molecule has 8 nitrogen and oxygen atoms in total. The number of anilines is 1. The average molecular weight is 308 g/mol. The third kappa shape index (κ3) is 4.21. The number of amides is 1. The molecule has 0 radical (unpaired) electrons. The molecule has 0 saturated heterocycles. The summed E-state index contributed by atoms with van der Waals surface area (Å²) in [4.78, 5) is 44.2. The molecule has 0 fully saturated rings. The number of hydrogen-bond donors (Lipinski definition) is 2. The minimum atomic E-state index is -0.497. The number of esters is 1. The first-order valence-corrected chi connectivity index (χ1v) is 6.92. The second kappa shape index (κ2) is 6.75. The molecule has 0 aliphatic carbocycles. The summed E-state index contributed by atoms with van der Waals surface area (Å²) in [6.07, 6.45) is 2.28. The Morgan fingerprint density at radius 3 is 2.95 bits per heavy atom. The van der Waals surface area contributed by atoms with Crippen LogP contribution in [0.3, 0.4) is 0 Å². The van der Waals surface area contributed by atoms with Gasteiger partial charge in [0.2, 0.25) is 0 Å². The van der Waals surface area contributed by atoms with Crippen molar-refractivity contribution in [3.8, 4) is 0 Å². The lowest BCUT2D eigenvalue weighted by molar-refractivity contribution is -0.142. The summed E-state index contributed by atoms with van der Waals surface area (Å²) >= 11 is 1.19. The van der Waals surface area contributed by atoms with Gasteiger partial charge in [-0.3, -0.25) is 19.7 Å². The van der Waals surface area contributed by atoms with Crippen molar-refractivity contribution in [1.82, 2.24) is 15.0 Å². The third-order valence-electron chi connectivity index (χ3n) is 2.31. The van der Waals surface area contributed by atoms with Gasteiger partial charge in [-0.25, -0.2) is 9.97 Å². The Hall–Kier alpha value is -2.55. The molecule has 0 saturated carbocycles.